The highest BCUT2D eigenvalue weighted by molar-refractivity contribution is 7.14. The Morgan fingerprint density at radius 2 is 2.05 bits per heavy atom. The van der Waals surface area contributed by atoms with Crippen molar-refractivity contribution in [2.75, 3.05) is 10.6 Å². The lowest BCUT2D eigenvalue weighted by Crippen LogP contribution is -2.20. The van der Waals surface area contributed by atoms with Gasteiger partial charge in [-0.25, -0.2) is 9.59 Å². The SMILES string of the molecule is N#Cc1ccc(Cl)cc1NC(=O)Nc1sccc1C(=O)O. The van der Waals surface area contributed by atoms with Gasteiger partial charge < -0.3 is 10.4 Å². The number of nitriles is 1. The molecule has 21 heavy (non-hydrogen) atoms. The Labute approximate surface area is 128 Å². The predicted molar refractivity (Wildman–Crippen MR) is 80.1 cm³/mol. The van der Waals surface area contributed by atoms with Crippen molar-refractivity contribution in [1.82, 2.24) is 0 Å². The molecule has 0 saturated carbocycles. The number of amides is 2. The van der Waals surface area contributed by atoms with E-state index in [-0.39, 0.29) is 21.8 Å². The van der Waals surface area contributed by atoms with Crippen LogP contribution >= 0.6 is 22.9 Å². The van der Waals surface area contributed by atoms with E-state index in [1.165, 1.54) is 24.3 Å². The van der Waals surface area contributed by atoms with E-state index in [1.807, 2.05) is 6.07 Å². The maximum atomic E-state index is 11.9. The first-order valence-corrected chi connectivity index (χ1v) is 6.85. The summed E-state index contributed by atoms with van der Waals surface area (Å²) in [5.41, 5.74) is 0.497. The number of nitrogens with one attached hydrogen (secondary N) is 2. The molecule has 3 N–H and O–H groups in total. The Hall–Kier alpha value is -2.56. The predicted octanol–water partition coefficient (Wildman–Crippen LogP) is 3.62. The van der Waals surface area contributed by atoms with E-state index in [9.17, 15) is 9.59 Å². The minimum absolute atomic E-state index is 0.00162. The van der Waals surface area contributed by atoms with Crippen molar-refractivity contribution in [2.45, 2.75) is 0 Å². The Kier molecular flexibility index (Phi) is 4.42. The minimum Gasteiger partial charge on any atom is -0.478 e. The normalized spacial score (nSPS) is 9.71. The van der Waals surface area contributed by atoms with Gasteiger partial charge in [-0.05, 0) is 29.6 Å². The zero-order chi connectivity index (χ0) is 15.4. The first kappa shape index (κ1) is 14.8. The van der Waals surface area contributed by atoms with E-state index >= 15 is 0 Å². The molecule has 0 aliphatic heterocycles. The van der Waals surface area contributed by atoms with E-state index in [2.05, 4.69) is 10.6 Å². The molecule has 1 heterocycles. The van der Waals surface area contributed by atoms with E-state index in [1.54, 1.807) is 5.38 Å². The maximum Gasteiger partial charge on any atom is 0.338 e. The van der Waals surface area contributed by atoms with Gasteiger partial charge in [0, 0.05) is 5.02 Å². The van der Waals surface area contributed by atoms with Crippen LogP contribution in [0.3, 0.4) is 0 Å². The van der Waals surface area contributed by atoms with Gasteiger partial charge in [-0.15, -0.1) is 11.3 Å². The number of hydrogen-bond donors (Lipinski definition) is 3. The number of thiophene rings is 1. The zero-order valence-corrected chi connectivity index (χ0v) is 12.0. The molecule has 0 atom stereocenters. The van der Waals surface area contributed by atoms with Crippen LogP contribution in [0.25, 0.3) is 0 Å². The Morgan fingerprint density at radius 1 is 1.29 bits per heavy atom. The van der Waals surface area contributed by atoms with Gasteiger partial charge in [0.15, 0.2) is 0 Å². The number of nitrogens with zero attached hydrogens (tertiary/aromatic N) is 1. The highest BCUT2D eigenvalue weighted by Crippen LogP contribution is 2.24. The second-order valence-electron chi connectivity index (χ2n) is 3.85. The van der Waals surface area contributed by atoms with Crippen molar-refractivity contribution >= 4 is 45.6 Å². The first-order valence-electron chi connectivity index (χ1n) is 5.59. The molecule has 2 aromatic rings. The smallest absolute Gasteiger partial charge is 0.338 e. The summed E-state index contributed by atoms with van der Waals surface area (Å²) in [6.45, 7) is 0. The number of aromatic carboxylic acids is 1. The van der Waals surface area contributed by atoms with Crippen LogP contribution < -0.4 is 10.6 Å². The van der Waals surface area contributed by atoms with Crippen molar-refractivity contribution in [2.24, 2.45) is 0 Å². The highest BCUT2D eigenvalue weighted by Gasteiger charge is 2.14. The highest BCUT2D eigenvalue weighted by atomic mass is 35.5. The molecular weight excluding hydrogens is 314 g/mol. The molecule has 0 unspecified atom stereocenters. The number of halogens is 1. The molecule has 1 aromatic carbocycles. The summed E-state index contributed by atoms with van der Waals surface area (Å²) in [6.07, 6.45) is 0. The number of carbonyl (C=O) groups excluding carboxylic acids is 1. The molecule has 0 aliphatic carbocycles. The molecule has 0 bridgehead atoms. The lowest BCUT2D eigenvalue weighted by atomic mass is 10.2. The fourth-order valence-corrected chi connectivity index (χ4v) is 2.49. The molecule has 8 heteroatoms. The number of urea groups is 1. The third-order valence-electron chi connectivity index (χ3n) is 2.47. The summed E-state index contributed by atoms with van der Waals surface area (Å²) in [4.78, 5) is 22.8. The summed E-state index contributed by atoms with van der Waals surface area (Å²) in [6, 6.07) is 7.11. The van der Waals surface area contributed by atoms with Gasteiger partial charge in [-0.2, -0.15) is 5.26 Å². The maximum absolute atomic E-state index is 11.9. The van der Waals surface area contributed by atoms with E-state index in [0.717, 1.165) is 11.3 Å². The molecule has 0 aliphatic rings. The van der Waals surface area contributed by atoms with Crippen LogP contribution in [-0.4, -0.2) is 17.1 Å². The van der Waals surface area contributed by atoms with Crippen LogP contribution in [0, 0.1) is 11.3 Å². The third-order valence-corrected chi connectivity index (χ3v) is 3.54. The molecule has 0 saturated heterocycles. The van der Waals surface area contributed by atoms with E-state index in [4.69, 9.17) is 22.0 Å². The van der Waals surface area contributed by atoms with Crippen molar-refractivity contribution in [1.29, 1.82) is 5.26 Å². The molecule has 6 nitrogen and oxygen atoms in total. The van der Waals surface area contributed by atoms with Gasteiger partial charge >= 0.3 is 12.0 Å². The number of hydrogen-bond acceptors (Lipinski definition) is 4. The van der Waals surface area contributed by atoms with Crippen molar-refractivity contribution in [3.8, 4) is 6.07 Å². The summed E-state index contributed by atoms with van der Waals surface area (Å²) in [5.74, 6) is -1.13. The van der Waals surface area contributed by atoms with Gasteiger partial charge in [0.2, 0.25) is 0 Å². The molecular formula is C13H8ClN3O3S. The molecule has 0 fully saturated rings. The molecule has 106 valence electrons. The van der Waals surface area contributed by atoms with Gasteiger partial charge in [-0.1, -0.05) is 11.6 Å². The summed E-state index contributed by atoms with van der Waals surface area (Å²) in [7, 11) is 0. The Balaban J connectivity index is 2.16. The van der Waals surface area contributed by atoms with Gasteiger partial charge in [-0.3, -0.25) is 5.32 Å². The van der Waals surface area contributed by atoms with E-state index in [0.29, 0.717) is 5.02 Å². The van der Waals surface area contributed by atoms with Crippen molar-refractivity contribution < 1.29 is 14.7 Å². The monoisotopic (exact) mass is 321 g/mol. The minimum atomic E-state index is -1.13. The number of benzene rings is 1. The van der Waals surface area contributed by atoms with Crippen molar-refractivity contribution in [3.63, 3.8) is 0 Å². The molecule has 1 aromatic heterocycles. The van der Waals surface area contributed by atoms with Crippen LogP contribution in [0.5, 0.6) is 0 Å². The third kappa shape index (κ3) is 3.51. The molecule has 2 rings (SSSR count). The average Bonchev–Trinajstić information content (AvgIpc) is 2.87. The average molecular weight is 322 g/mol. The van der Waals surface area contributed by atoms with Crippen LogP contribution in [0.2, 0.25) is 5.02 Å². The number of carboxylic acids is 1. The topological polar surface area (TPSA) is 102 Å². The summed E-state index contributed by atoms with van der Waals surface area (Å²) in [5, 5.41) is 24.9. The molecule has 0 spiro atoms. The van der Waals surface area contributed by atoms with Crippen LogP contribution in [0.15, 0.2) is 29.6 Å². The van der Waals surface area contributed by atoms with Gasteiger partial charge in [0.05, 0.1) is 16.8 Å². The van der Waals surface area contributed by atoms with Crippen molar-refractivity contribution in [3.05, 3.63) is 45.8 Å². The molecule has 0 radical (unpaired) electrons. The summed E-state index contributed by atoms with van der Waals surface area (Å²) >= 11 is 6.90. The number of carboxylic acid groups (broad SMARTS) is 1. The Morgan fingerprint density at radius 3 is 2.71 bits per heavy atom. The van der Waals surface area contributed by atoms with Crippen LogP contribution in [0.1, 0.15) is 15.9 Å². The van der Waals surface area contributed by atoms with Gasteiger partial charge in [0.25, 0.3) is 0 Å². The van der Waals surface area contributed by atoms with Crippen LogP contribution in [-0.2, 0) is 0 Å². The zero-order valence-electron chi connectivity index (χ0n) is 10.4. The summed E-state index contributed by atoms with van der Waals surface area (Å²) < 4.78 is 0. The lowest BCUT2D eigenvalue weighted by Gasteiger charge is -2.08. The number of anilines is 2. The van der Waals surface area contributed by atoms with Crippen LogP contribution in [0.4, 0.5) is 15.5 Å². The first-order chi connectivity index (χ1) is 10.0. The largest absolute Gasteiger partial charge is 0.478 e. The fourth-order valence-electron chi connectivity index (χ4n) is 1.55. The second-order valence-corrected chi connectivity index (χ2v) is 5.20. The molecule has 2 amide bonds. The Bertz CT molecular complexity index is 751. The fraction of sp³-hybridized carbons (Fsp3) is 0. The van der Waals surface area contributed by atoms with Gasteiger partial charge in [0.1, 0.15) is 11.1 Å². The van der Waals surface area contributed by atoms with E-state index < -0.39 is 12.0 Å². The standard InChI is InChI=1S/C13H8ClN3O3S/c14-8-2-1-7(6-15)10(5-8)16-13(20)17-11-9(12(18)19)3-4-21-11/h1-5H,(H,18,19)(H2,16,17,20). The number of carbonyl (C=O) groups is 2. The number of rotatable bonds is 3. The second kappa shape index (κ2) is 6.26. The quantitative estimate of drug-likeness (QED) is 0.803. The lowest BCUT2D eigenvalue weighted by molar-refractivity contribution is 0.0698.